The number of amides is 1. The molecule has 0 aliphatic rings. The molecule has 0 bridgehead atoms. The first-order chi connectivity index (χ1) is 22.5. The summed E-state index contributed by atoms with van der Waals surface area (Å²) in [6.07, 6.45) is 5.25. The van der Waals surface area contributed by atoms with Crippen molar-refractivity contribution in [2.24, 2.45) is 5.92 Å². The lowest BCUT2D eigenvalue weighted by molar-refractivity contribution is -0.149. The molecule has 11 nitrogen and oxygen atoms in total. The molecule has 0 aliphatic carbocycles. The van der Waals surface area contributed by atoms with Crippen LogP contribution in [0.25, 0.3) is 10.1 Å². The summed E-state index contributed by atoms with van der Waals surface area (Å²) in [6, 6.07) is 8.13. The third-order valence-corrected chi connectivity index (χ3v) is 12.0. The third-order valence-electron chi connectivity index (χ3n) is 8.23. The summed E-state index contributed by atoms with van der Waals surface area (Å²) >= 11 is 1.62. The van der Waals surface area contributed by atoms with Crippen LogP contribution in [0.15, 0.2) is 59.8 Å². The smallest absolute Gasteiger partial charge is 0.338 e. The van der Waals surface area contributed by atoms with Crippen molar-refractivity contribution in [1.29, 1.82) is 0 Å². The Balaban J connectivity index is 1.80. The molecule has 4 aromatic rings. The minimum atomic E-state index is -3.61. The summed E-state index contributed by atoms with van der Waals surface area (Å²) in [5.74, 6) is -4.49. The zero-order valence-electron chi connectivity index (χ0n) is 28.4. The molecule has 13 heteroatoms. The van der Waals surface area contributed by atoms with Crippen molar-refractivity contribution in [1.82, 2.24) is 15.1 Å². The molecule has 0 saturated heterocycles. The van der Waals surface area contributed by atoms with Gasteiger partial charge >= 0.3 is 11.9 Å². The second-order valence-corrected chi connectivity index (χ2v) is 16.6. The number of aromatic amines is 1. The number of carbonyl (C=O) groups is 3. The van der Waals surface area contributed by atoms with E-state index in [-0.39, 0.29) is 39.3 Å². The maximum absolute atomic E-state index is 14.0. The molecule has 0 spiro atoms. The zero-order chi connectivity index (χ0) is 35.6. The molecule has 1 atom stereocenters. The van der Waals surface area contributed by atoms with E-state index in [2.05, 4.69) is 49.8 Å². The number of nitrogens with one attached hydrogen (secondary N) is 1. The number of benzene rings is 2. The minimum absolute atomic E-state index is 0.0226. The lowest BCUT2D eigenvalue weighted by Crippen LogP contribution is -2.50. The molecule has 2 aromatic heterocycles. The number of fused-ring (bicyclic) bond motifs is 1. The van der Waals surface area contributed by atoms with Crippen molar-refractivity contribution in [3.05, 3.63) is 76.4 Å². The number of carboxylic acid groups (broad SMARTS) is 2. The van der Waals surface area contributed by atoms with E-state index in [9.17, 15) is 33.0 Å². The SMILES string of the molecule is CCC(c1cn[nH]c1)N(C)CCc1c(C(C)(C)C)sc2ccc(N(C(=O)c3ccc(S(=O)(=O)CC(C)C)cc3)C(C(=O)O)C(=O)O)cc12. The molecule has 1 unspecified atom stereocenters. The standard InChI is InChI=1S/C35H44N4O7S2/c1-8-28(23-18-36-37-19-23)38(7)16-15-26-27-17-24(11-14-29(27)47-31(26)35(4,5)6)39(30(33(41)42)34(43)44)32(40)22-9-12-25(13-10-22)48(45,46)20-21(2)3/h9-14,17-19,21,28,30H,8,15-16,20H2,1-7H3,(H,36,37)(H,41,42)(H,43,44). The van der Waals surface area contributed by atoms with Gasteiger partial charge in [-0.1, -0.05) is 41.5 Å². The number of hydrogen-bond acceptors (Lipinski definition) is 8. The number of H-pyrrole nitrogens is 1. The Hall–Kier alpha value is -4.07. The van der Waals surface area contributed by atoms with Crippen LogP contribution in [0.3, 0.4) is 0 Å². The second kappa shape index (κ2) is 14.6. The van der Waals surface area contributed by atoms with Crippen LogP contribution in [-0.2, 0) is 31.3 Å². The van der Waals surface area contributed by atoms with Gasteiger partial charge in [-0.2, -0.15) is 5.10 Å². The van der Waals surface area contributed by atoms with Crippen molar-refractivity contribution in [3.63, 3.8) is 0 Å². The fourth-order valence-corrected chi connectivity index (χ4v) is 8.93. The molecule has 0 aliphatic heterocycles. The van der Waals surface area contributed by atoms with Gasteiger partial charge in [0.25, 0.3) is 5.91 Å². The number of anilines is 1. The molecule has 0 radical (unpaired) electrons. The van der Waals surface area contributed by atoms with E-state index in [1.807, 2.05) is 12.4 Å². The number of hydrogen-bond donors (Lipinski definition) is 3. The van der Waals surface area contributed by atoms with E-state index in [0.717, 1.165) is 37.4 Å². The predicted molar refractivity (Wildman–Crippen MR) is 188 cm³/mol. The van der Waals surface area contributed by atoms with E-state index < -0.39 is 33.7 Å². The van der Waals surface area contributed by atoms with Gasteiger partial charge in [0.05, 0.1) is 16.8 Å². The molecule has 2 heterocycles. The first-order valence-electron chi connectivity index (χ1n) is 15.8. The topological polar surface area (TPSA) is 161 Å². The lowest BCUT2D eigenvalue weighted by atomic mass is 9.89. The van der Waals surface area contributed by atoms with Crippen LogP contribution < -0.4 is 4.90 Å². The van der Waals surface area contributed by atoms with Crippen LogP contribution in [0.5, 0.6) is 0 Å². The van der Waals surface area contributed by atoms with Gasteiger partial charge < -0.3 is 10.2 Å². The molecule has 4 rings (SSSR count). The summed E-state index contributed by atoms with van der Waals surface area (Å²) in [5.41, 5.74) is 1.98. The first kappa shape index (κ1) is 36.8. The fraction of sp³-hybridized carbons (Fsp3) is 0.429. The molecule has 2 aromatic carbocycles. The molecule has 258 valence electrons. The number of thiophene rings is 1. The van der Waals surface area contributed by atoms with E-state index in [4.69, 9.17) is 0 Å². The van der Waals surface area contributed by atoms with E-state index in [1.165, 1.54) is 24.3 Å². The van der Waals surface area contributed by atoms with Gasteiger partial charge in [-0.3, -0.25) is 19.7 Å². The summed E-state index contributed by atoms with van der Waals surface area (Å²) in [5, 5.41) is 27.8. The highest BCUT2D eigenvalue weighted by molar-refractivity contribution is 7.91. The molecular weight excluding hydrogens is 653 g/mol. The maximum Gasteiger partial charge on any atom is 0.338 e. The number of aromatic nitrogens is 2. The van der Waals surface area contributed by atoms with Crippen LogP contribution in [0.2, 0.25) is 0 Å². The van der Waals surface area contributed by atoms with Crippen LogP contribution >= 0.6 is 11.3 Å². The quantitative estimate of drug-likeness (QED) is 0.131. The van der Waals surface area contributed by atoms with Crippen LogP contribution in [0, 0.1) is 5.92 Å². The summed E-state index contributed by atoms with van der Waals surface area (Å²) in [6.45, 7) is 12.8. The van der Waals surface area contributed by atoms with Gasteiger partial charge in [-0.25, -0.2) is 18.0 Å². The van der Waals surface area contributed by atoms with E-state index in [1.54, 1.807) is 43.4 Å². The highest BCUT2D eigenvalue weighted by atomic mass is 32.2. The van der Waals surface area contributed by atoms with E-state index in [0.29, 0.717) is 13.0 Å². The Kier molecular flexibility index (Phi) is 11.2. The van der Waals surface area contributed by atoms with Crippen LogP contribution in [-0.4, -0.2) is 77.0 Å². The summed E-state index contributed by atoms with van der Waals surface area (Å²) in [7, 11) is -1.55. The number of rotatable bonds is 14. The number of aliphatic carboxylic acids is 2. The number of sulfone groups is 1. The molecule has 1 amide bonds. The summed E-state index contributed by atoms with van der Waals surface area (Å²) in [4.78, 5) is 42.9. The number of carboxylic acids is 2. The Morgan fingerprint density at radius 1 is 1.02 bits per heavy atom. The van der Waals surface area contributed by atoms with Crippen LogP contribution in [0.4, 0.5) is 5.69 Å². The monoisotopic (exact) mass is 696 g/mol. The van der Waals surface area contributed by atoms with Crippen molar-refractivity contribution in [2.45, 2.75) is 76.8 Å². The maximum atomic E-state index is 14.0. The molecule has 0 saturated carbocycles. The highest BCUT2D eigenvalue weighted by Gasteiger charge is 2.38. The largest absolute Gasteiger partial charge is 0.479 e. The minimum Gasteiger partial charge on any atom is -0.479 e. The molecule has 3 N–H and O–H groups in total. The van der Waals surface area contributed by atoms with Crippen molar-refractivity contribution >= 4 is 54.8 Å². The second-order valence-electron chi connectivity index (χ2n) is 13.5. The Morgan fingerprint density at radius 2 is 1.67 bits per heavy atom. The normalized spacial score (nSPS) is 13.0. The number of carbonyl (C=O) groups excluding carboxylic acids is 1. The zero-order valence-corrected chi connectivity index (χ0v) is 30.0. The van der Waals surface area contributed by atoms with Gasteiger partial charge in [-0.05, 0) is 84.6 Å². The van der Waals surface area contributed by atoms with Crippen LogP contribution in [0.1, 0.15) is 80.4 Å². The molecule has 48 heavy (non-hydrogen) atoms. The highest BCUT2D eigenvalue weighted by Crippen LogP contribution is 2.41. The van der Waals surface area contributed by atoms with Gasteiger partial charge in [0.15, 0.2) is 9.84 Å². The predicted octanol–water partition coefficient (Wildman–Crippen LogP) is 6.16. The molecule has 0 fully saturated rings. The lowest BCUT2D eigenvalue weighted by Gasteiger charge is -2.28. The number of nitrogens with zero attached hydrogens (tertiary/aromatic N) is 3. The van der Waals surface area contributed by atoms with Gasteiger partial charge in [-0.15, -0.1) is 11.3 Å². The van der Waals surface area contributed by atoms with Crippen molar-refractivity contribution < 1.29 is 33.0 Å². The Bertz CT molecular complexity index is 1860. The van der Waals surface area contributed by atoms with Crippen molar-refractivity contribution in [3.8, 4) is 0 Å². The Labute approximate surface area is 285 Å². The average Bonchev–Trinajstić information content (AvgIpc) is 3.66. The number of likely N-dealkylation sites (N-methyl/N-ethyl adjacent to an activating group) is 1. The molecular formula is C35H44N4O7S2. The van der Waals surface area contributed by atoms with Gasteiger partial charge in [0.1, 0.15) is 0 Å². The first-order valence-corrected chi connectivity index (χ1v) is 18.3. The summed E-state index contributed by atoms with van der Waals surface area (Å²) < 4.78 is 26.4. The average molecular weight is 697 g/mol. The third kappa shape index (κ3) is 7.96. The van der Waals surface area contributed by atoms with Gasteiger partial charge in [0, 0.05) is 45.2 Å². The van der Waals surface area contributed by atoms with Gasteiger partial charge in [0.2, 0.25) is 6.04 Å². The fourth-order valence-electron chi connectivity index (χ4n) is 6.02. The Morgan fingerprint density at radius 3 is 2.19 bits per heavy atom. The van der Waals surface area contributed by atoms with Crippen molar-refractivity contribution in [2.75, 3.05) is 24.2 Å². The van der Waals surface area contributed by atoms with E-state index >= 15 is 0 Å².